The third kappa shape index (κ3) is 17.0. The maximum atomic E-state index is 14.3. The second-order valence-corrected chi connectivity index (χ2v) is 16.3. The third-order valence-corrected chi connectivity index (χ3v) is 9.83. The molecule has 0 saturated heterocycles. The highest BCUT2D eigenvalue weighted by atomic mass is 16.6. The van der Waals surface area contributed by atoms with E-state index in [0.29, 0.717) is 37.5 Å². The molecule has 0 spiro atoms. The first-order valence-electron chi connectivity index (χ1n) is 20.0. The minimum absolute atomic E-state index is 0.0698. The van der Waals surface area contributed by atoms with E-state index in [1.807, 2.05) is 30.3 Å². The molecule has 0 aliphatic heterocycles. The molecule has 1 aliphatic carbocycles. The van der Waals surface area contributed by atoms with E-state index in [2.05, 4.69) is 45.1 Å². The maximum absolute atomic E-state index is 14.3. The molecule has 1 aromatic carbocycles. The van der Waals surface area contributed by atoms with Crippen LogP contribution < -0.4 is 27.0 Å². The van der Waals surface area contributed by atoms with Gasteiger partial charge in [-0.2, -0.15) is 0 Å². The Bertz CT molecular complexity index is 1390. The Morgan fingerprint density at radius 2 is 1.59 bits per heavy atom. The molecule has 1 heterocycles. The summed E-state index contributed by atoms with van der Waals surface area (Å²) in [5.41, 5.74) is 6.21. The van der Waals surface area contributed by atoms with E-state index >= 15 is 0 Å². The molecule has 2 unspecified atom stereocenters. The minimum atomic E-state index is -1.08. The van der Waals surface area contributed by atoms with Crippen molar-refractivity contribution >= 4 is 23.8 Å². The van der Waals surface area contributed by atoms with Crippen LogP contribution in [0.3, 0.4) is 0 Å². The summed E-state index contributed by atoms with van der Waals surface area (Å²) in [6, 6.07) is 6.50. The highest BCUT2D eigenvalue weighted by Crippen LogP contribution is 2.30. The molecule has 0 bridgehead atoms. The number of H-pyrrole nitrogens is 1. The van der Waals surface area contributed by atoms with E-state index < -0.39 is 53.7 Å². The number of imidazole rings is 1. The van der Waals surface area contributed by atoms with Gasteiger partial charge < -0.3 is 41.8 Å². The van der Waals surface area contributed by atoms with Gasteiger partial charge in [0.2, 0.25) is 17.7 Å². The van der Waals surface area contributed by atoms with Crippen LogP contribution in [0, 0.1) is 17.8 Å². The molecule has 1 aromatic heterocycles. The molecular weight excluding hydrogens is 686 g/mol. The maximum Gasteiger partial charge on any atom is 0.408 e. The SMILES string of the molecule is CC(C)C[C@H](C[C@H](O)[C@H](CC1CCCCC1)NC(=O)C(Cc1c[nH]cn1)NC(=O)C(Cc1ccccc1)NC(=O)OC(C)(C)C)C(=O)NCCCCCN. The van der Waals surface area contributed by atoms with Crippen LogP contribution in [0.4, 0.5) is 4.79 Å². The normalized spacial score (nSPS) is 16.4. The number of aliphatic hydroxyl groups is 1. The number of unbranched alkanes of at least 4 members (excludes halogenated alkanes) is 2. The monoisotopic (exact) mass is 754 g/mol. The lowest BCUT2D eigenvalue weighted by molar-refractivity contribution is -0.131. The van der Waals surface area contributed by atoms with Crippen LogP contribution in [0.25, 0.3) is 0 Å². The number of aromatic nitrogens is 2. The summed E-state index contributed by atoms with van der Waals surface area (Å²) in [6.07, 6.45) is 11.0. The number of nitrogens with one attached hydrogen (secondary N) is 5. The smallest absolute Gasteiger partial charge is 0.408 e. The van der Waals surface area contributed by atoms with Crippen molar-refractivity contribution in [3.8, 4) is 0 Å². The van der Waals surface area contributed by atoms with E-state index in [9.17, 15) is 24.3 Å². The number of aliphatic hydroxyl groups excluding tert-OH is 1. The van der Waals surface area contributed by atoms with Crippen molar-refractivity contribution < 1.29 is 29.0 Å². The Morgan fingerprint density at radius 3 is 2.22 bits per heavy atom. The number of hydrogen-bond acceptors (Lipinski definition) is 8. The van der Waals surface area contributed by atoms with Crippen LogP contribution >= 0.6 is 0 Å². The summed E-state index contributed by atoms with van der Waals surface area (Å²) < 4.78 is 5.47. The number of hydrogen-bond donors (Lipinski definition) is 7. The number of nitrogens with zero attached hydrogens (tertiary/aromatic N) is 1. The van der Waals surface area contributed by atoms with Gasteiger partial charge in [0.1, 0.15) is 17.7 Å². The number of rotatable bonds is 22. The molecule has 54 heavy (non-hydrogen) atoms. The summed E-state index contributed by atoms with van der Waals surface area (Å²) in [5, 5.41) is 23.6. The number of nitrogens with two attached hydrogens (primary N) is 1. The zero-order chi connectivity index (χ0) is 39.5. The molecule has 4 amide bonds. The second-order valence-electron chi connectivity index (χ2n) is 16.3. The van der Waals surface area contributed by atoms with Crippen LogP contribution in [-0.2, 0) is 32.0 Å². The number of carbonyl (C=O) groups is 4. The molecule has 1 aliphatic rings. The van der Waals surface area contributed by atoms with Gasteiger partial charge in [-0.25, -0.2) is 9.78 Å². The molecule has 13 nitrogen and oxygen atoms in total. The van der Waals surface area contributed by atoms with Crippen molar-refractivity contribution in [2.75, 3.05) is 13.1 Å². The van der Waals surface area contributed by atoms with Crippen LogP contribution in [-0.4, -0.2) is 81.8 Å². The Kier molecular flexibility index (Phi) is 19.0. The van der Waals surface area contributed by atoms with Gasteiger partial charge in [0, 0.05) is 31.5 Å². The number of benzene rings is 1. The van der Waals surface area contributed by atoms with Crippen molar-refractivity contribution in [3.63, 3.8) is 0 Å². The second kappa shape index (κ2) is 23.1. The first-order valence-corrected chi connectivity index (χ1v) is 20.0. The number of aromatic amines is 1. The number of carbonyl (C=O) groups excluding carboxylic acids is 4. The average Bonchev–Trinajstić information content (AvgIpc) is 3.63. The third-order valence-electron chi connectivity index (χ3n) is 9.83. The summed E-state index contributed by atoms with van der Waals surface area (Å²) in [7, 11) is 0. The molecule has 5 atom stereocenters. The molecule has 1 saturated carbocycles. The molecule has 3 rings (SSSR count). The summed E-state index contributed by atoms with van der Waals surface area (Å²) >= 11 is 0. The lowest BCUT2D eigenvalue weighted by atomic mass is 9.81. The standard InChI is InChI=1S/C41H67N7O6/c1-28(2)21-31(37(50)44-20-14-8-13-19-42)24-36(49)33(22-29-15-9-6-10-16-29)46-39(52)35(25-32-26-43-27-45-32)47-38(51)34(23-30-17-11-7-12-18-30)48-40(53)54-41(3,4)5/h7,11-12,17-18,26-29,31,33-36,49H,6,8-10,13-16,19-25,42H2,1-5H3,(H,43,45)(H,44,50)(H,46,52)(H,47,51)(H,48,53)/t31-,33+,34?,35?,36+/m1/s1. The molecule has 1 fully saturated rings. The largest absolute Gasteiger partial charge is 0.444 e. The average molecular weight is 754 g/mol. The minimum Gasteiger partial charge on any atom is -0.444 e. The Labute approximate surface area is 322 Å². The van der Waals surface area contributed by atoms with Crippen molar-refractivity contribution in [1.82, 2.24) is 31.2 Å². The van der Waals surface area contributed by atoms with Crippen molar-refractivity contribution in [3.05, 3.63) is 54.1 Å². The highest BCUT2D eigenvalue weighted by molar-refractivity contribution is 5.91. The van der Waals surface area contributed by atoms with Crippen molar-refractivity contribution in [1.29, 1.82) is 0 Å². The van der Waals surface area contributed by atoms with Crippen LogP contribution in [0.5, 0.6) is 0 Å². The predicted molar refractivity (Wildman–Crippen MR) is 210 cm³/mol. The van der Waals surface area contributed by atoms with Gasteiger partial charge in [0.15, 0.2) is 0 Å². The van der Waals surface area contributed by atoms with Gasteiger partial charge in [-0.15, -0.1) is 0 Å². The fourth-order valence-electron chi connectivity index (χ4n) is 7.12. The Morgan fingerprint density at radius 1 is 0.907 bits per heavy atom. The number of amides is 4. The lowest BCUT2D eigenvalue weighted by Gasteiger charge is -2.33. The Balaban J connectivity index is 1.84. The van der Waals surface area contributed by atoms with Gasteiger partial charge in [0.05, 0.1) is 24.2 Å². The van der Waals surface area contributed by atoms with Crippen LogP contribution in [0.2, 0.25) is 0 Å². The molecule has 0 radical (unpaired) electrons. The zero-order valence-corrected chi connectivity index (χ0v) is 33.2. The van der Waals surface area contributed by atoms with E-state index in [0.717, 1.165) is 56.9 Å². The molecule has 8 N–H and O–H groups in total. The fraction of sp³-hybridized carbons (Fsp3) is 0.683. The zero-order valence-electron chi connectivity index (χ0n) is 33.2. The van der Waals surface area contributed by atoms with Gasteiger partial charge in [0.25, 0.3) is 0 Å². The summed E-state index contributed by atoms with van der Waals surface area (Å²) in [6.45, 7) is 10.5. The summed E-state index contributed by atoms with van der Waals surface area (Å²) in [4.78, 5) is 61.8. The topological polar surface area (TPSA) is 201 Å². The van der Waals surface area contributed by atoms with Crippen LogP contribution in [0.15, 0.2) is 42.9 Å². The lowest BCUT2D eigenvalue weighted by Crippen LogP contribution is -2.58. The number of ether oxygens (including phenoxy) is 1. The van der Waals surface area contributed by atoms with E-state index in [4.69, 9.17) is 10.5 Å². The molecule has 13 heteroatoms. The van der Waals surface area contributed by atoms with Crippen LogP contribution in [0.1, 0.15) is 117 Å². The first-order chi connectivity index (χ1) is 25.7. The molecule has 2 aromatic rings. The van der Waals surface area contributed by atoms with Gasteiger partial charge >= 0.3 is 6.09 Å². The molecule has 302 valence electrons. The highest BCUT2D eigenvalue weighted by Gasteiger charge is 2.34. The van der Waals surface area contributed by atoms with E-state index in [1.165, 1.54) is 6.33 Å². The fourth-order valence-corrected chi connectivity index (χ4v) is 7.12. The van der Waals surface area contributed by atoms with Crippen molar-refractivity contribution in [2.24, 2.45) is 23.5 Å². The van der Waals surface area contributed by atoms with Gasteiger partial charge in [-0.3, -0.25) is 14.4 Å². The first kappa shape index (κ1) is 44.4. The molecular formula is C41H67N7O6. The van der Waals surface area contributed by atoms with E-state index in [1.54, 1.807) is 27.0 Å². The summed E-state index contributed by atoms with van der Waals surface area (Å²) in [5.74, 6) is -1.03. The Hall–Kier alpha value is -3.97. The quantitative estimate of drug-likeness (QED) is 0.0840. The van der Waals surface area contributed by atoms with E-state index in [-0.39, 0.29) is 31.1 Å². The van der Waals surface area contributed by atoms with Crippen molar-refractivity contribution in [2.45, 2.75) is 148 Å². The van der Waals surface area contributed by atoms with Gasteiger partial charge in [-0.05, 0) is 76.8 Å². The predicted octanol–water partition coefficient (Wildman–Crippen LogP) is 4.69. The van der Waals surface area contributed by atoms with Gasteiger partial charge in [-0.1, -0.05) is 82.7 Å². The number of alkyl carbamates (subject to hydrolysis) is 1.